The molecule has 2 rings (SSSR count). The molecule has 2 aromatic rings. The van der Waals surface area contributed by atoms with E-state index in [4.69, 9.17) is 0 Å². The van der Waals surface area contributed by atoms with E-state index in [0.29, 0.717) is 30.5 Å². The zero-order chi connectivity index (χ0) is 15.1. The van der Waals surface area contributed by atoms with Gasteiger partial charge < -0.3 is 16.0 Å². The van der Waals surface area contributed by atoms with Gasteiger partial charge in [-0.2, -0.15) is 0 Å². The lowest BCUT2D eigenvalue weighted by atomic mass is 10.4. The van der Waals surface area contributed by atoms with Crippen LogP contribution in [0.15, 0.2) is 30.5 Å². The molecule has 0 saturated carbocycles. The van der Waals surface area contributed by atoms with E-state index in [0.717, 1.165) is 5.82 Å². The maximum atomic E-state index is 10.8. The van der Waals surface area contributed by atoms with E-state index >= 15 is 0 Å². The molecule has 0 atom stereocenters. The number of nitrogens with zero attached hydrogens (tertiary/aromatic N) is 3. The lowest BCUT2D eigenvalue weighted by Gasteiger charge is -2.10. The van der Waals surface area contributed by atoms with E-state index in [1.54, 1.807) is 12.3 Å². The van der Waals surface area contributed by atoms with Gasteiger partial charge in [0.15, 0.2) is 0 Å². The third kappa shape index (κ3) is 5.06. The summed E-state index contributed by atoms with van der Waals surface area (Å²) < 4.78 is 0. The van der Waals surface area contributed by atoms with Gasteiger partial charge in [0.2, 0.25) is 5.91 Å². The smallest absolute Gasteiger partial charge is 0.216 e. The number of hydrogen-bond acceptors (Lipinski definition) is 6. The second kappa shape index (κ2) is 7.18. The molecular weight excluding hydrogens is 268 g/mol. The van der Waals surface area contributed by atoms with Crippen LogP contribution < -0.4 is 16.0 Å². The molecule has 0 aliphatic carbocycles. The molecule has 0 aliphatic rings. The van der Waals surface area contributed by atoms with Crippen LogP contribution in [0.2, 0.25) is 0 Å². The fourth-order valence-electron chi connectivity index (χ4n) is 1.72. The molecule has 2 aromatic heterocycles. The number of carbonyl (C=O) groups excluding carboxylic acids is 1. The summed E-state index contributed by atoms with van der Waals surface area (Å²) in [7, 11) is 0. The van der Waals surface area contributed by atoms with E-state index in [2.05, 4.69) is 30.9 Å². The summed E-state index contributed by atoms with van der Waals surface area (Å²) in [6.45, 7) is 4.45. The Kier molecular flexibility index (Phi) is 5.03. The SMILES string of the molecule is CC(=O)NCCNc1cc(Nc2ccccn2)nc(C)n1. The van der Waals surface area contributed by atoms with E-state index < -0.39 is 0 Å². The van der Waals surface area contributed by atoms with Gasteiger partial charge in [-0.15, -0.1) is 0 Å². The minimum atomic E-state index is -0.0480. The Hall–Kier alpha value is -2.70. The molecule has 0 aliphatic heterocycles. The van der Waals surface area contributed by atoms with Gasteiger partial charge in [0, 0.05) is 32.3 Å². The average Bonchev–Trinajstić information content (AvgIpc) is 2.44. The number of aryl methyl sites for hydroxylation is 1. The predicted octanol–water partition coefficient (Wildman–Crippen LogP) is 1.47. The highest BCUT2D eigenvalue weighted by Crippen LogP contribution is 2.15. The van der Waals surface area contributed by atoms with Crippen LogP contribution in [-0.4, -0.2) is 33.9 Å². The highest BCUT2D eigenvalue weighted by atomic mass is 16.1. The van der Waals surface area contributed by atoms with Crippen molar-refractivity contribution in [3.05, 3.63) is 36.3 Å². The van der Waals surface area contributed by atoms with E-state index in [-0.39, 0.29) is 5.91 Å². The molecule has 7 heteroatoms. The topological polar surface area (TPSA) is 91.8 Å². The summed E-state index contributed by atoms with van der Waals surface area (Å²) >= 11 is 0. The first-order chi connectivity index (χ1) is 10.1. The van der Waals surface area contributed by atoms with Gasteiger partial charge in [0.1, 0.15) is 23.3 Å². The van der Waals surface area contributed by atoms with Gasteiger partial charge >= 0.3 is 0 Å². The van der Waals surface area contributed by atoms with Crippen molar-refractivity contribution >= 4 is 23.4 Å². The van der Waals surface area contributed by atoms with E-state index in [1.165, 1.54) is 6.92 Å². The first-order valence-corrected chi connectivity index (χ1v) is 6.65. The van der Waals surface area contributed by atoms with Crippen molar-refractivity contribution in [3.8, 4) is 0 Å². The molecule has 21 heavy (non-hydrogen) atoms. The summed E-state index contributed by atoms with van der Waals surface area (Å²) in [6, 6.07) is 7.41. The Morgan fingerprint density at radius 2 is 1.95 bits per heavy atom. The third-order valence-corrected chi connectivity index (χ3v) is 2.56. The number of pyridine rings is 1. The number of amides is 1. The van der Waals surface area contributed by atoms with Crippen molar-refractivity contribution in [2.75, 3.05) is 23.7 Å². The maximum Gasteiger partial charge on any atom is 0.216 e. The number of nitrogens with one attached hydrogen (secondary N) is 3. The van der Waals surface area contributed by atoms with Crippen LogP contribution in [0.5, 0.6) is 0 Å². The van der Waals surface area contributed by atoms with Gasteiger partial charge in [0.25, 0.3) is 0 Å². The molecular formula is C14H18N6O. The lowest BCUT2D eigenvalue weighted by molar-refractivity contribution is -0.118. The standard InChI is InChI=1S/C14H18N6O/c1-10-18-13(17-8-7-15-11(2)21)9-14(19-10)20-12-5-3-4-6-16-12/h3-6,9H,7-8H2,1-2H3,(H,15,21)(H2,16,17,18,19,20). The summed E-state index contributed by atoms with van der Waals surface area (Å²) in [4.78, 5) is 23.6. The highest BCUT2D eigenvalue weighted by Gasteiger charge is 2.02. The molecule has 0 fully saturated rings. The number of carbonyl (C=O) groups is 1. The molecule has 1 amide bonds. The van der Waals surface area contributed by atoms with Crippen LogP contribution >= 0.6 is 0 Å². The zero-order valence-corrected chi connectivity index (χ0v) is 12.1. The number of aromatic nitrogens is 3. The molecule has 0 unspecified atom stereocenters. The van der Waals surface area contributed by atoms with Crippen molar-refractivity contribution in [1.82, 2.24) is 20.3 Å². The van der Waals surface area contributed by atoms with Gasteiger partial charge in [-0.1, -0.05) is 6.07 Å². The second-order valence-electron chi connectivity index (χ2n) is 4.44. The van der Waals surface area contributed by atoms with Gasteiger partial charge in [-0.25, -0.2) is 15.0 Å². The van der Waals surface area contributed by atoms with Gasteiger partial charge in [-0.3, -0.25) is 4.79 Å². The second-order valence-corrected chi connectivity index (χ2v) is 4.44. The highest BCUT2D eigenvalue weighted by molar-refractivity contribution is 5.72. The Morgan fingerprint density at radius 1 is 1.14 bits per heavy atom. The lowest BCUT2D eigenvalue weighted by Crippen LogP contribution is -2.26. The molecule has 0 radical (unpaired) electrons. The Bertz CT molecular complexity index is 602. The zero-order valence-electron chi connectivity index (χ0n) is 12.1. The van der Waals surface area contributed by atoms with Gasteiger partial charge in [-0.05, 0) is 19.1 Å². The molecule has 0 saturated heterocycles. The Labute approximate surface area is 123 Å². The molecule has 0 bridgehead atoms. The average molecular weight is 286 g/mol. The van der Waals surface area contributed by atoms with Crippen LogP contribution in [0, 0.1) is 6.92 Å². The van der Waals surface area contributed by atoms with Crippen LogP contribution in [-0.2, 0) is 4.79 Å². The molecule has 7 nitrogen and oxygen atoms in total. The van der Waals surface area contributed by atoms with Crippen molar-refractivity contribution in [3.63, 3.8) is 0 Å². The number of hydrogen-bond donors (Lipinski definition) is 3. The Balaban J connectivity index is 1.98. The largest absolute Gasteiger partial charge is 0.368 e. The predicted molar refractivity (Wildman–Crippen MR) is 81.5 cm³/mol. The van der Waals surface area contributed by atoms with Gasteiger partial charge in [0.05, 0.1) is 0 Å². The maximum absolute atomic E-state index is 10.8. The molecule has 3 N–H and O–H groups in total. The first kappa shape index (κ1) is 14.7. The summed E-state index contributed by atoms with van der Waals surface area (Å²) in [5, 5.41) is 8.98. The minimum absolute atomic E-state index is 0.0480. The van der Waals surface area contributed by atoms with E-state index in [9.17, 15) is 4.79 Å². The van der Waals surface area contributed by atoms with Crippen LogP contribution in [0.25, 0.3) is 0 Å². The minimum Gasteiger partial charge on any atom is -0.368 e. The molecule has 2 heterocycles. The molecule has 0 spiro atoms. The van der Waals surface area contributed by atoms with Crippen LogP contribution in [0.1, 0.15) is 12.7 Å². The number of rotatable bonds is 6. The van der Waals surface area contributed by atoms with E-state index in [1.807, 2.05) is 25.1 Å². The van der Waals surface area contributed by atoms with Crippen molar-refractivity contribution in [2.45, 2.75) is 13.8 Å². The van der Waals surface area contributed by atoms with Crippen molar-refractivity contribution in [1.29, 1.82) is 0 Å². The third-order valence-electron chi connectivity index (χ3n) is 2.56. The summed E-state index contributed by atoms with van der Waals surface area (Å²) in [5.74, 6) is 2.69. The van der Waals surface area contributed by atoms with Crippen molar-refractivity contribution in [2.24, 2.45) is 0 Å². The van der Waals surface area contributed by atoms with Crippen LogP contribution in [0.4, 0.5) is 17.5 Å². The van der Waals surface area contributed by atoms with Crippen LogP contribution in [0.3, 0.4) is 0 Å². The Morgan fingerprint density at radius 3 is 2.67 bits per heavy atom. The first-order valence-electron chi connectivity index (χ1n) is 6.65. The number of anilines is 3. The monoisotopic (exact) mass is 286 g/mol. The summed E-state index contributed by atoms with van der Waals surface area (Å²) in [5.41, 5.74) is 0. The fourth-order valence-corrected chi connectivity index (χ4v) is 1.72. The van der Waals surface area contributed by atoms with Crippen molar-refractivity contribution < 1.29 is 4.79 Å². The quantitative estimate of drug-likeness (QED) is 0.697. The normalized spacial score (nSPS) is 10.0. The summed E-state index contributed by atoms with van der Waals surface area (Å²) in [6.07, 6.45) is 1.71. The fraction of sp³-hybridized carbons (Fsp3) is 0.286. The molecule has 110 valence electrons. The molecule has 0 aromatic carbocycles.